The number of halogens is 2. The summed E-state index contributed by atoms with van der Waals surface area (Å²) in [6.45, 7) is 0. The normalized spacial score (nSPS) is 10.1. The minimum Gasteiger partial charge on any atom is -0.469 e. The first-order chi connectivity index (χ1) is 7.99. The molecule has 0 bridgehead atoms. The number of hydrogen-bond donors (Lipinski definition) is 1. The number of methoxy groups -OCH3 is 1. The molecule has 0 aliphatic carbocycles. The van der Waals surface area contributed by atoms with Gasteiger partial charge in [-0.3, -0.25) is 4.79 Å². The van der Waals surface area contributed by atoms with Crippen molar-refractivity contribution in [3.05, 3.63) is 22.9 Å². The number of esters is 1. The average Bonchev–Trinajstić information content (AvgIpc) is 2.30. The van der Waals surface area contributed by atoms with Crippen molar-refractivity contribution in [3.8, 4) is 6.07 Å². The number of hydrogen-bond acceptors (Lipinski definition) is 5. The van der Waals surface area contributed by atoms with Gasteiger partial charge >= 0.3 is 5.97 Å². The molecule has 5 nitrogen and oxygen atoms in total. The maximum atomic E-state index is 12.5. The van der Waals surface area contributed by atoms with Crippen molar-refractivity contribution in [1.82, 2.24) is 4.98 Å². The molecule has 1 heterocycles. The van der Waals surface area contributed by atoms with Gasteiger partial charge in [-0.1, -0.05) is 0 Å². The van der Waals surface area contributed by atoms with E-state index in [-0.39, 0.29) is 17.7 Å². The Morgan fingerprint density at radius 2 is 2.35 bits per heavy atom. The molecule has 0 radical (unpaired) electrons. The maximum absolute atomic E-state index is 12.5. The number of anilines is 1. The van der Waals surface area contributed by atoms with E-state index in [0.717, 1.165) is 13.2 Å². The molecule has 1 aromatic rings. The third-order valence-corrected chi connectivity index (χ3v) is 2.07. The van der Waals surface area contributed by atoms with E-state index in [1.165, 1.54) is 0 Å². The Hall–Kier alpha value is -2.23. The van der Waals surface area contributed by atoms with E-state index in [1.807, 2.05) is 0 Å². The highest BCUT2D eigenvalue weighted by Gasteiger charge is 2.18. The van der Waals surface area contributed by atoms with Crippen LogP contribution in [0.15, 0.2) is 6.07 Å². The molecule has 0 amide bonds. The smallest absolute Gasteiger partial charge is 0.310 e. The van der Waals surface area contributed by atoms with E-state index in [0.29, 0.717) is 0 Å². The number of nitriles is 1. The molecule has 1 rings (SSSR count). The molecular formula is C10H9F2N3O2. The van der Waals surface area contributed by atoms with Gasteiger partial charge in [0.15, 0.2) is 0 Å². The fourth-order valence-corrected chi connectivity index (χ4v) is 1.22. The van der Waals surface area contributed by atoms with Crippen molar-refractivity contribution in [1.29, 1.82) is 5.26 Å². The molecule has 0 aromatic carbocycles. The van der Waals surface area contributed by atoms with Gasteiger partial charge in [0.2, 0.25) is 0 Å². The molecule has 7 heteroatoms. The van der Waals surface area contributed by atoms with Crippen molar-refractivity contribution in [3.63, 3.8) is 0 Å². The van der Waals surface area contributed by atoms with Gasteiger partial charge in [0.1, 0.15) is 17.6 Å². The quantitative estimate of drug-likeness (QED) is 0.803. The highest BCUT2D eigenvalue weighted by molar-refractivity contribution is 5.73. The Kier molecular flexibility index (Phi) is 3.93. The lowest BCUT2D eigenvalue weighted by Gasteiger charge is -2.08. The lowest BCUT2D eigenvalue weighted by molar-refractivity contribution is -0.139. The van der Waals surface area contributed by atoms with E-state index < -0.39 is 23.8 Å². The van der Waals surface area contributed by atoms with E-state index in [2.05, 4.69) is 9.72 Å². The Bertz CT molecular complexity index is 483. The molecule has 0 saturated carbocycles. The Morgan fingerprint density at radius 1 is 1.71 bits per heavy atom. The first-order valence-corrected chi connectivity index (χ1v) is 4.54. The van der Waals surface area contributed by atoms with E-state index in [9.17, 15) is 13.6 Å². The standard InChI is InChI=1S/C10H9F2N3O2/c1-17-8(16)3-5-2-6(9(11)12)10(14)15-7(5)4-13/h2,9H,3H2,1H3,(H2,14,15). The summed E-state index contributed by atoms with van der Waals surface area (Å²) >= 11 is 0. The number of nitrogens with zero attached hydrogens (tertiary/aromatic N) is 2. The number of nitrogens with two attached hydrogens (primary N) is 1. The topological polar surface area (TPSA) is 89.0 Å². The molecule has 0 spiro atoms. The maximum Gasteiger partial charge on any atom is 0.310 e. The van der Waals surface area contributed by atoms with Crippen molar-refractivity contribution in [2.24, 2.45) is 0 Å². The number of carbonyl (C=O) groups excluding carboxylic acids is 1. The van der Waals surface area contributed by atoms with Crippen LogP contribution >= 0.6 is 0 Å². The van der Waals surface area contributed by atoms with Gasteiger partial charge in [-0.2, -0.15) is 5.26 Å². The number of nitrogen functional groups attached to an aromatic ring is 1. The highest BCUT2D eigenvalue weighted by Crippen LogP contribution is 2.26. The zero-order valence-electron chi connectivity index (χ0n) is 8.91. The highest BCUT2D eigenvalue weighted by atomic mass is 19.3. The summed E-state index contributed by atoms with van der Waals surface area (Å²) in [5.74, 6) is -1.06. The number of rotatable bonds is 3. The first-order valence-electron chi connectivity index (χ1n) is 4.54. The molecule has 0 aliphatic heterocycles. The second-order valence-electron chi connectivity index (χ2n) is 3.14. The molecule has 1 aromatic heterocycles. The third kappa shape index (κ3) is 2.87. The molecule has 0 saturated heterocycles. The van der Waals surface area contributed by atoms with Crippen LogP contribution in [0.3, 0.4) is 0 Å². The van der Waals surface area contributed by atoms with Crippen molar-refractivity contribution in [2.45, 2.75) is 12.8 Å². The van der Waals surface area contributed by atoms with Crippen LogP contribution in [0.2, 0.25) is 0 Å². The summed E-state index contributed by atoms with van der Waals surface area (Å²) in [6, 6.07) is 2.69. The SMILES string of the molecule is COC(=O)Cc1cc(C(F)F)c(N)nc1C#N. The molecule has 17 heavy (non-hydrogen) atoms. The van der Waals surface area contributed by atoms with Crippen LogP contribution in [0.1, 0.15) is 23.2 Å². The molecule has 0 aliphatic rings. The molecule has 0 unspecified atom stereocenters. The van der Waals surface area contributed by atoms with E-state index in [1.54, 1.807) is 6.07 Å². The lowest BCUT2D eigenvalue weighted by atomic mass is 10.1. The fourth-order valence-electron chi connectivity index (χ4n) is 1.22. The summed E-state index contributed by atoms with van der Waals surface area (Å²) in [6.07, 6.45) is -3.11. The number of ether oxygens (including phenoxy) is 1. The van der Waals surface area contributed by atoms with Crippen LogP contribution in [0.4, 0.5) is 14.6 Å². The largest absolute Gasteiger partial charge is 0.469 e. The Labute approximate surface area is 95.8 Å². The molecular weight excluding hydrogens is 232 g/mol. The minimum atomic E-state index is -2.81. The fraction of sp³-hybridized carbons (Fsp3) is 0.300. The van der Waals surface area contributed by atoms with E-state index in [4.69, 9.17) is 11.0 Å². The third-order valence-electron chi connectivity index (χ3n) is 2.07. The Morgan fingerprint density at radius 3 is 2.82 bits per heavy atom. The molecule has 0 atom stereocenters. The minimum absolute atomic E-state index is 0.0730. The predicted molar refractivity (Wildman–Crippen MR) is 54.0 cm³/mol. The molecule has 0 fully saturated rings. The van der Waals surface area contributed by atoms with Gasteiger partial charge < -0.3 is 10.5 Å². The first kappa shape index (κ1) is 12.8. The van der Waals surface area contributed by atoms with Gasteiger partial charge in [0.05, 0.1) is 19.1 Å². The lowest BCUT2D eigenvalue weighted by Crippen LogP contribution is -2.10. The molecule has 90 valence electrons. The van der Waals surface area contributed by atoms with Gasteiger partial charge in [-0.05, 0) is 6.07 Å². The summed E-state index contributed by atoms with van der Waals surface area (Å²) in [5, 5.41) is 8.75. The van der Waals surface area contributed by atoms with Crippen molar-refractivity contribution in [2.75, 3.05) is 12.8 Å². The number of pyridine rings is 1. The summed E-state index contributed by atoms with van der Waals surface area (Å²) in [5.41, 5.74) is 4.69. The van der Waals surface area contributed by atoms with E-state index >= 15 is 0 Å². The molecule has 2 N–H and O–H groups in total. The zero-order valence-corrected chi connectivity index (χ0v) is 8.91. The summed E-state index contributed by atoms with van der Waals surface area (Å²) < 4.78 is 29.5. The predicted octanol–water partition coefficient (Wildman–Crippen LogP) is 1.19. The van der Waals surface area contributed by atoms with Gasteiger partial charge in [-0.25, -0.2) is 13.8 Å². The van der Waals surface area contributed by atoms with Crippen LogP contribution in [0.5, 0.6) is 0 Å². The van der Waals surface area contributed by atoms with Crippen molar-refractivity contribution < 1.29 is 18.3 Å². The average molecular weight is 241 g/mol. The number of alkyl halides is 2. The Balaban J connectivity index is 3.23. The van der Waals surface area contributed by atoms with Crippen LogP contribution < -0.4 is 5.73 Å². The van der Waals surface area contributed by atoms with Crippen LogP contribution in [0, 0.1) is 11.3 Å². The van der Waals surface area contributed by atoms with Crippen molar-refractivity contribution >= 4 is 11.8 Å². The van der Waals surface area contributed by atoms with Crippen LogP contribution in [-0.4, -0.2) is 18.1 Å². The van der Waals surface area contributed by atoms with Gasteiger partial charge in [0, 0.05) is 5.56 Å². The summed E-state index contributed by atoms with van der Waals surface area (Å²) in [7, 11) is 1.16. The number of carbonyl (C=O) groups is 1. The number of aromatic nitrogens is 1. The van der Waals surface area contributed by atoms with Crippen LogP contribution in [0.25, 0.3) is 0 Å². The van der Waals surface area contributed by atoms with Gasteiger partial charge in [0.25, 0.3) is 6.43 Å². The van der Waals surface area contributed by atoms with Gasteiger partial charge in [-0.15, -0.1) is 0 Å². The summed E-state index contributed by atoms with van der Waals surface area (Å²) in [4.78, 5) is 14.6. The van der Waals surface area contributed by atoms with Crippen LogP contribution in [-0.2, 0) is 16.0 Å². The second kappa shape index (κ2) is 5.21. The monoisotopic (exact) mass is 241 g/mol. The zero-order chi connectivity index (χ0) is 13.0. The second-order valence-corrected chi connectivity index (χ2v) is 3.14.